The predicted octanol–water partition coefficient (Wildman–Crippen LogP) is 4.11. The number of Topliss-reactive ketones (excluding diaryl/α,β-unsaturated/α-hetero) is 1. The van der Waals surface area contributed by atoms with Gasteiger partial charge in [-0.3, -0.25) is 24.0 Å². The summed E-state index contributed by atoms with van der Waals surface area (Å²) >= 11 is 0. The number of carbonyl (C=O) groups excluding carboxylic acids is 5. The first-order valence-corrected chi connectivity index (χ1v) is 16.6. The van der Waals surface area contributed by atoms with Crippen molar-refractivity contribution in [3.8, 4) is 0 Å². The molecule has 0 aromatic heterocycles. The largest absolute Gasteiger partial charge is 0.346 e. The van der Waals surface area contributed by atoms with Crippen LogP contribution < -0.4 is 10.6 Å². The van der Waals surface area contributed by atoms with Crippen molar-refractivity contribution in [3.05, 3.63) is 71.3 Å². The Labute approximate surface area is 274 Å². The summed E-state index contributed by atoms with van der Waals surface area (Å²) in [5.41, 5.74) is 2.88. The van der Waals surface area contributed by atoms with E-state index in [1.807, 2.05) is 75.4 Å². The molecule has 2 aromatic carbocycles. The molecule has 0 aliphatic carbocycles. The van der Waals surface area contributed by atoms with E-state index >= 15 is 0 Å². The average Bonchev–Trinajstić information content (AvgIpc) is 3.56. The molecule has 0 bridgehead atoms. The normalized spacial score (nSPS) is 17.1. The van der Waals surface area contributed by atoms with Gasteiger partial charge < -0.3 is 20.4 Å². The Morgan fingerprint density at radius 1 is 0.891 bits per heavy atom. The van der Waals surface area contributed by atoms with Crippen LogP contribution in [-0.4, -0.2) is 77.5 Å². The molecule has 1 saturated heterocycles. The van der Waals surface area contributed by atoms with E-state index in [1.165, 1.54) is 4.90 Å². The van der Waals surface area contributed by atoms with Crippen molar-refractivity contribution in [1.82, 2.24) is 20.4 Å². The molecule has 2 aromatic rings. The van der Waals surface area contributed by atoms with Crippen molar-refractivity contribution >= 4 is 29.4 Å². The number of hydrogen-bond acceptors (Lipinski definition) is 5. The third-order valence-electron chi connectivity index (χ3n) is 9.15. The summed E-state index contributed by atoms with van der Waals surface area (Å²) in [5, 5.41) is 5.88. The van der Waals surface area contributed by atoms with Gasteiger partial charge >= 0.3 is 0 Å². The van der Waals surface area contributed by atoms with E-state index in [-0.39, 0.29) is 60.6 Å². The van der Waals surface area contributed by atoms with E-state index in [1.54, 1.807) is 32.7 Å². The van der Waals surface area contributed by atoms with Crippen molar-refractivity contribution in [1.29, 1.82) is 0 Å². The molecule has 250 valence electrons. The van der Waals surface area contributed by atoms with E-state index in [0.717, 1.165) is 23.1 Å². The van der Waals surface area contributed by atoms with Crippen LogP contribution in [-0.2, 0) is 36.8 Å². The topological polar surface area (TPSA) is 116 Å². The van der Waals surface area contributed by atoms with Crippen LogP contribution in [0.5, 0.6) is 0 Å². The van der Waals surface area contributed by atoms with Gasteiger partial charge in [0.05, 0.1) is 12.0 Å². The highest BCUT2D eigenvalue weighted by Gasteiger charge is 2.39. The highest BCUT2D eigenvalue weighted by Crippen LogP contribution is 2.22. The Kier molecular flexibility index (Phi) is 13.5. The number of ketones is 1. The van der Waals surface area contributed by atoms with Gasteiger partial charge in [0.15, 0.2) is 5.78 Å². The fourth-order valence-electron chi connectivity index (χ4n) is 5.78. The maximum Gasteiger partial charge on any atom is 0.245 e. The number of rotatable bonds is 15. The van der Waals surface area contributed by atoms with Crippen LogP contribution >= 0.6 is 0 Å². The zero-order valence-corrected chi connectivity index (χ0v) is 28.5. The van der Waals surface area contributed by atoms with E-state index < -0.39 is 24.0 Å². The molecular weight excluding hydrogens is 580 g/mol. The van der Waals surface area contributed by atoms with Gasteiger partial charge in [-0.2, -0.15) is 0 Å². The van der Waals surface area contributed by atoms with Gasteiger partial charge in [0, 0.05) is 45.3 Å². The Bertz CT molecular complexity index is 1340. The number of carbonyl (C=O) groups is 5. The molecule has 4 amide bonds. The molecule has 5 atom stereocenters. The van der Waals surface area contributed by atoms with Crippen LogP contribution in [0.1, 0.15) is 70.6 Å². The van der Waals surface area contributed by atoms with Gasteiger partial charge in [-0.15, -0.1) is 0 Å². The number of benzene rings is 2. The van der Waals surface area contributed by atoms with E-state index in [0.29, 0.717) is 19.4 Å². The summed E-state index contributed by atoms with van der Waals surface area (Å²) < 4.78 is 0. The minimum absolute atomic E-state index is 0.00143. The third kappa shape index (κ3) is 9.74. The fourth-order valence-corrected chi connectivity index (χ4v) is 5.78. The Morgan fingerprint density at radius 2 is 1.52 bits per heavy atom. The number of aryl methyl sites for hydroxylation is 1. The van der Waals surface area contributed by atoms with Gasteiger partial charge in [0.25, 0.3) is 0 Å². The van der Waals surface area contributed by atoms with E-state index in [4.69, 9.17) is 0 Å². The standard InChI is InChI=1S/C37H52N4O5/c1-8-26(6)33(32(42)9-2)39-35(44)29-19-20-41(23-29)37(46)31(22-28-17-15-25(5)16-18-28)40(7)36(45)30(38-34(43)24(3)4)21-27-13-11-10-12-14-27/h10-18,24,26,29-31,33H,8-9,19-23H2,1-7H3,(H,38,43)(H,39,44). The summed E-state index contributed by atoms with van der Waals surface area (Å²) in [7, 11) is 1.62. The highest BCUT2D eigenvalue weighted by molar-refractivity contribution is 5.94. The van der Waals surface area contributed by atoms with Crippen molar-refractivity contribution in [2.24, 2.45) is 17.8 Å². The Balaban J connectivity index is 1.85. The minimum Gasteiger partial charge on any atom is -0.346 e. The number of amides is 4. The number of hydrogen-bond donors (Lipinski definition) is 2. The molecule has 0 spiro atoms. The molecular formula is C37H52N4O5. The molecule has 1 fully saturated rings. The molecule has 0 radical (unpaired) electrons. The fraction of sp³-hybridized carbons (Fsp3) is 0.541. The summed E-state index contributed by atoms with van der Waals surface area (Å²) in [5.74, 6) is -1.82. The molecule has 1 heterocycles. The molecule has 2 N–H and O–H groups in total. The predicted molar refractivity (Wildman–Crippen MR) is 180 cm³/mol. The van der Waals surface area contributed by atoms with Crippen LogP contribution in [0.3, 0.4) is 0 Å². The molecule has 46 heavy (non-hydrogen) atoms. The maximum absolute atomic E-state index is 14.2. The second-order valence-corrected chi connectivity index (χ2v) is 13.0. The van der Waals surface area contributed by atoms with Gasteiger partial charge in [0.2, 0.25) is 23.6 Å². The smallest absolute Gasteiger partial charge is 0.245 e. The monoisotopic (exact) mass is 632 g/mol. The van der Waals surface area contributed by atoms with Crippen LogP contribution in [0, 0.1) is 24.7 Å². The lowest BCUT2D eigenvalue weighted by atomic mass is 9.93. The molecule has 9 nitrogen and oxygen atoms in total. The van der Waals surface area contributed by atoms with E-state index in [2.05, 4.69) is 10.6 Å². The summed E-state index contributed by atoms with van der Waals surface area (Å²) in [6.07, 6.45) is 2.14. The summed E-state index contributed by atoms with van der Waals surface area (Å²) in [6.45, 7) is 11.9. The lowest BCUT2D eigenvalue weighted by Crippen LogP contribution is -2.56. The van der Waals surface area contributed by atoms with Crippen molar-refractivity contribution in [2.75, 3.05) is 20.1 Å². The second-order valence-electron chi connectivity index (χ2n) is 13.0. The molecule has 3 rings (SSSR count). The zero-order chi connectivity index (χ0) is 34.0. The second kappa shape index (κ2) is 17.1. The number of likely N-dealkylation sites (tertiary alicyclic amines) is 1. The van der Waals surface area contributed by atoms with Gasteiger partial charge in [-0.25, -0.2) is 0 Å². The van der Waals surface area contributed by atoms with Crippen LogP contribution in [0.4, 0.5) is 0 Å². The summed E-state index contributed by atoms with van der Waals surface area (Å²) in [6, 6.07) is 15.1. The van der Waals surface area contributed by atoms with Crippen LogP contribution in [0.15, 0.2) is 54.6 Å². The van der Waals surface area contributed by atoms with E-state index in [9.17, 15) is 24.0 Å². The molecule has 1 aliphatic rings. The minimum atomic E-state index is -0.860. The van der Waals surface area contributed by atoms with Crippen LogP contribution in [0.25, 0.3) is 0 Å². The highest BCUT2D eigenvalue weighted by atomic mass is 16.2. The molecule has 0 saturated carbocycles. The Hall–Kier alpha value is -4.01. The summed E-state index contributed by atoms with van der Waals surface area (Å²) in [4.78, 5) is 70.2. The number of likely N-dealkylation sites (N-methyl/N-ethyl adjacent to an activating group) is 1. The first-order valence-electron chi connectivity index (χ1n) is 16.6. The molecule has 9 heteroatoms. The van der Waals surface area contributed by atoms with Crippen molar-refractivity contribution in [2.45, 2.75) is 91.8 Å². The zero-order valence-electron chi connectivity index (χ0n) is 28.5. The lowest BCUT2D eigenvalue weighted by molar-refractivity contribution is -0.146. The lowest BCUT2D eigenvalue weighted by Gasteiger charge is -2.34. The number of nitrogens with one attached hydrogen (secondary N) is 2. The van der Waals surface area contributed by atoms with Gasteiger partial charge in [0.1, 0.15) is 12.1 Å². The third-order valence-corrected chi connectivity index (χ3v) is 9.15. The first kappa shape index (κ1) is 36.5. The SMILES string of the molecule is CCC(=O)C(NC(=O)C1CCN(C(=O)C(Cc2ccc(C)cc2)N(C)C(=O)C(Cc2ccccc2)NC(=O)C(C)C)C1)C(C)CC. The van der Waals surface area contributed by atoms with Gasteiger partial charge in [-0.1, -0.05) is 101 Å². The van der Waals surface area contributed by atoms with Crippen molar-refractivity contribution in [3.63, 3.8) is 0 Å². The molecule has 5 unspecified atom stereocenters. The average molecular weight is 633 g/mol. The first-order chi connectivity index (χ1) is 21.9. The van der Waals surface area contributed by atoms with Gasteiger partial charge in [-0.05, 0) is 30.4 Å². The number of nitrogens with zero attached hydrogens (tertiary/aromatic N) is 2. The Morgan fingerprint density at radius 3 is 2.11 bits per heavy atom. The maximum atomic E-state index is 14.2. The van der Waals surface area contributed by atoms with Crippen molar-refractivity contribution < 1.29 is 24.0 Å². The van der Waals surface area contributed by atoms with Crippen LogP contribution in [0.2, 0.25) is 0 Å². The quantitative estimate of drug-likeness (QED) is 0.307. The molecule has 1 aliphatic heterocycles.